The Hall–Kier alpha value is -2.64. The fraction of sp³-hybridized carbons (Fsp3) is 0.316. The van der Waals surface area contributed by atoms with E-state index in [4.69, 9.17) is 16.3 Å². The largest absolute Gasteiger partial charge is 0.495 e. The Kier molecular flexibility index (Phi) is 7.57. The first-order chi connectivity index (χ1) is 12.9. The number of nitrogens with zero attached hydrogens (tertiary/aromatic N) is 2. The molecule has 0 aliphatic heterocycles. The average Bonchev–Trinajstić information content (AvgIpc) is 2.65. The van der Waals surface area contributed by atoms with Crippen molar-refractivity contribution in [3.05, 3.63) is 52.8 Å². The molecule has 0 aliphatic carbocycles. The number of amides is 2. The van der Waals surface area contributed by atoms with Gasteiger partial charge in [-0.2, -0.15) is 0 Å². The van der Waals surface area contributed by atoms with Crippen LogP contribution in [0.2, 0.25) is 5.02 Å². The third-order valence-electron chi connectivity index (χ3n) is 3.73. The van der Waals surface area contributed by atoms with Crippen LogP contribution in [0.5, 0.6) is 5.75 Å². The first-order valence-corrected chi connectivity index (χ1v) is 8.82. The molecule has 2 aromatic rings. The van der Waals surface area contributed by atoms with E-state index in [0.29, 0.717) is 28.6 Å². The van der Waals surface area contributed by atoms with Gasteiger partial charge in [0, 0.05) is 24.0 Å². The summed E-state index contributed by atoms with van der Waals surface area (Å²) in [6.07, 6.45) is 2.28. The Bertz CT molecular complexity index is 811. The van der Waals surface area contributed by atoms with Crippen molar-refractivity contribution in [2.75, 3.05) is 39.6 Å². The van der Waals surface area contributed by atoms with Crippen LogP contribution >= 0.6 is 11.6 Å². The van der Waals surface area contributed by atoms with Crippen LogP contribution in [0.3, 0.4) is 0 Å². The number of hydrogen-bond donors (Lipinski definition) is 2. The number of hydrogen-bond acceptors (Lipinski definition) is 5. The van der Waals surface area contributed by atoms with Gasteiger partial charge in [-0.1, -0.05) is 11.6 Å². The summed E-state index contributed by atoms with van der Waals surface area (Å²) in [7, 11) is 5.47. The van der Waals surface area contributed by atoms with Gasteiger partial charge in [0.15, 0.2) is 0 Å². The summed E-state index contributed by atoms with van der Waals surface area (Å²) in [5.74, 6) is -0.156. The average molecular weight is 391 g/mol. The van der Waals surface area contributed by atoms with Crippen molar-refractivity contribution in [3.63, 3.8) is 0 Å². The van der Waals surface area contributed by atoms with Crippen LogP contribution in [0, 0.1) is 0 Å². The molecular formula is C19H23ClN4O3. The first-order valence-electron chi connectivity index (χ1n) is 8.44. The molecule has 2 N–H and O–H groups in total. The van der Waals surface area contributed by atoms with Crippen LogP contribution in [0.25, 0.3) is 0 Å². The summed E-state index contributed by atoms with van der Waals surface area (Å²) in [6.45, 7) is 1.44. The molecule has 2 amide bonds. The van der Waals surface area contributed by atoms with Crippen LogP contribution in [-0.2, 0) is 0 Å². The predicted molar refractivity (Wildman–Crippen MR) is 106 cm³/mol. The molecule has 0 spiro atoms. The summed E-state index contributed by atoms with van der Waals surface area (Å²) >= 11 is 6.06. The molecule has 1 heterocycles. The Morgan fingerprint density at radius 3 is 2.63 bits per heavy atom. The van der Waals surface area contributed by atoms with E-state index in [1.165, 1.54) is 19.4 Å². The van der Waals surface area contributed by atoms with E-state index in [1.807, 2.05) is 19.0 Å². The zero-order valence-corrected chi connectivity index (χ0v) is 16.3. The van der Waals surface area contributed by atoms with E-state index in [9.17, 15) is 9.59 Å². The molecule has 7 nitrogen and oxygen atoms in total. The van der Waals surface area contributed by atoms with Crippen LogP contribution in [0.15, 0.2) is 36.5 Å². The van der Waals surface area contributed by atoms with Gasteiger partial charge in [-0.3, -0.25) is 14.6 Å². The predicted octanol–water partition coefficient (Wildman–Crippen LogP) is 2.68. The van der Waals surface area contributed by atoms with E-state index >= 15 is 0 Å². The van der Waals surface area contributed by atoms with Crippen LogP contribution in [-0.4, -0.2) is 56.0 Å². The summed E-state index contributed by atoms with van der Waals surface area (Å²) in [5.41, 5.74) is 1.03. The monoisotopic (exact) mass is 390 g/mol. The van der Waals surface area contributed by atoms with E-state index < -0.39 is 5.91 Å². The molecule has 2 rings (SSSR count). The second-order valence-corrected chi connectivity index (χ2v) is 6.55. The van der Waals surface area contributed by atoms with Crippen LogP contribution in [0.4, 0.5) is 5.69 Å². The zero-order valence-electron chi connectivity index (χ0n) is 15.6. The maximum atomic E-state index is 12.4. The molecule has 0 aliphatic rings. The second-order valence-electron chi connectivity index (χ2n) is 6.15. The maximum absolute atomic E-state index is 12.4. The highest BCUT2D eigenvalue weighted by molar-refractivity contribution is 6.32. The van der Waals surface area contributed by atoms with Crippen molar-refractivity contribution in [2.45, 2.75) is 6.42 Å². The second kappa shape index (κ2) is 9.89. The van der Waals surface area contributed by atoms with Gasteiger partial charge in [0.1, 0.15) is 11.4 Å². The fourth-order valence-corrected chi connectivity index (χ4v) is 2.59. The fourth-order valence-electron chi connectivity index (χ4n) is 2.33. The number of nitrogens with one attached hydrogen (secondary N) is 2. The number of carbonyl (C=O) groups excluding carboxylic acids is 2. The summed E-state index contributed by atoms with van der Waals surface area (Å²) < 4.78 is 5.08. The Morgan fingerprint density at radius 1 is 1.19 bits per heavy atom. The molecule has 0 saturated carbocycles. The molecule has 144 valence electrons. The third kappa shape index (κ3) is 6.23. The molecule has 0 fully saturated rings. The van der Waals surface area contributed by atoms with Gasteiger partial charge in [-0.15, -0.1) is 0 Å². The van der Waals surface area contributed by atoms with Gasteiger partial charge in [-0.25, -0.2) is 0 Å². The highest BCUT2D eigenvalue weighted by atomic mass is 35.5. The van der Waals surface area contributed by atoms with E-state index in [-0.39, 0.29) is 11.6 Å². The lowest BCUT2D eigenvalue weighted by molar-refractivity contribution is 0.0952. The minimum Gasteiger partial charge on any atom is -0.495 e. The van der Waals surface area contributed by atoms with Crippen molar-refractivity contribution in [1.29, 1.82) is 0 Å². The molecule has 0 radical (unpaired) electrons. The van der Waals surface area contributed by atoms with Crippen molar-refractivity contribution in [1.82, 2.24) is 15.2 Å². The van der Waals surface area contributed by atoms with Crippen LogP contribution < -0.4 is 15.4 Å². The van der Waals surface area contributed by atoms with Gasteiger partial charge in [0.05, 0.1) is 12.1 Å². The normalized spacial score (nSPS) is 10.6. The number of aromatic nitrogens is 1. The van der Waals surface area contributed by atoms with E-state index in [0.717, 1.165) is 13.0 Å². The van der Waals surface area contributed by atoms with Gasteiger partial charge >= 0.3 is 0 Å². The third-order valence-corrected chi connectivity index (χ3v) is 4.03. The number of methoxy groups -OCH3 is 1. The maximum Gasteiger partial charge on any atom is 0.274 e. The number of benzene rings is 1. The van der Waals surface area contributed by atoms with E-state index in [2.05, 4.69) is 15.6 Å². The molecule has 1 aromatic carbocycles. The minimum absolute atomic E-state index is 0.142. The Morgan fingerprint density at radius 2 is 1.96 bits per heavy atom. The van der Waals surface area contributed by atoms with Crippen molar-refractivity contribution in [2.24, 2.45) is 0 Å². The quantitative estimate of drug-likeness (QED) is 0.677. The molecule has 8 heteroatoms. The number of pyridine rings is 1. The van der Waals surface area contributed by atoms with Crippen LogP contribution in [0.1, 0.15) is 27.3 Å². The standard InChI is InChI=1S/C19H23ClN4O3/c1-24(2)10-4-8-22-18(25)13-7-9-21-16(11-13)19(26)23-14-5-6-17(27-3)15(20)12-14/h5-7,9,11-12H,4,8,10H2,1-3H3,(H,22,25)(H,23,26). The molecule has 27 heavy (non-hydrogen) atoms. The Balaban J connectivity index is 2.00. The Labute approximate surface area is 163 Å². The number of anilines is 1. The van der Waals surface area contributed by atoms with E-state index in [1.54, 1.807) is 24.3 Å². The lowest BCUT2D eigenvalue weighted by Crippen LogP contribution is -2.27. The summed E-state index contributed by atoms with van der Waals surface area (Å²) in [6, 6.07) is 7.94. The van der Waals surface area contributed by atoms with Crippen molar-refractivity contribution in [3.8, 4) is 5.75 Å². The SMILES string of the molecule is COc1ccc(NC(=O)c2cc(C(=O)NCCCN(C)C)ccn2)cc1Cl. The zero-order chi connectivity index (χ0) is 19.8. The first kappa shape index (κ1) is 20.7. The molecule has 0 bridgehead atoms. The molecule has 0 saturated heterocycles. The van der Waals surface area contributed by atoms with Gasteiger partial charge in [0.25, 0.3) is 11.8 Å². The number of ether oxygens (including phenoxy) is 1. The summed E-state index contributed by atoms with van der Waals surface area (Å²) in [5, 5.41) is 5.92. The molecule has 1 aromatic heterocycles. The topological polar surface area (TPSA) is 83.6 Å². The number of halogens is 1. The van der Waals surface area contributed by atoms with Gasteiger partial charge < -0.3 is 20.3 Å². The smallest absolute Gasteiger partial charge is 0.274 e. The lowest BCUT2D eigenvalue weighted by Gasteiger charge is -2.10. The molecule has 0 atom stereocenters. The van der Waals surface area contributed by atoms with Crippen molar-refractivity contribution >= 4 is 29.1 Å². The van der Waals surface area contributed by atoms with Gasteiger partial charge in [0.2, 0.25) is 0 Å². The minimum atomic E-state index is -0.432. The highest BCUT2D eigenvalue weighted by Gasteiger charge is 2.13. The number of carbonyl (C=O) groups is 2. The molecule has 0 unspecified atom stereocenters. The van der Waals surface area contributed by atoms with Gasteiger partial charge in [-0.05, 0) is 57.4 Å². The number of rotatable bonds is 8. The molecular weight excluding hydrogens is 368 g/mol. The lowest BCUT2D eigenvalue weighted by atomic mass is 10.2. The van der Waals surface area contributed by atoms with Crippen molar-refractivity contribution < 1.29 is 14.3 Å². The summed E-state index contributed by atoms with van der Waals surface area (Å²) in [4.78, 5) is 30.7. The highest BCUT2D eigenvalue weighted by Crippen LogP contribution is 2.27.